The van der Waals surface area contributed by atoms with E-state index in [1.54, 1.807) is 18.9 Å². The number of aliphatic carboxylic acids is 1. The van der Waals surface area contributed by atoms with Crippen LogP contribution in [0.25, 0.3) is 0 Å². The molecule has 2 rings (SSSR count). The van der Waals surface area contributed by atoms with Gasteiger partial charge in [-0.15, -0.1) is 0 Å². The number of carbonyl (C=O) groups is 1. The van der Waals surface area contributed by atoms with Crippen LogP contribution in [0.5, 0.6) is 0 Å². The third-order valence-corrected chi connectivity index (χ3v) is 3.82. The first-order valence-corrected chi connectivity index (χ1v) is 6.44. The number of carboxylic acid groups (broad SMARTS) is 1. The molecule has 0 aliphatic carbocycles. The van der Waals surface area contributed by atoms with Crippen LogP contribution in [0.1, 0.15) is 24.1 Å². The summed E-state index contributed by atoms with van der Waals surface area (Å²) in [7, 11) is 1.79. The molecule has 0 fully saturated rings. The minimum absolute atomic E-state index is 0.303. The van der Waals surface area contributed by atoms with Gasteiger partial charge in [-0.25, -0.2) is 4.99 Å². The summed E-state index contributed by atoms with van der Waals surface area (Å²) in [6.07, 6.45) is 0. The zero-order valence-corrected chi connectivity index (χ0v) is 11.9. The summed E-state index contributed by atoms with van der Waals surface area (Å²) in [6, 6.07) is 7.56. The fraction of sp³-hybridized carbons (Fsp3) is 0.357. The second kappa shape index (κ2) is 5.09. The highest BCUT2D eigenvalue weighted by Crippen LogP contribution is 2.33. The summed E-state index contributed by atoms with van der Waals surface area (Å²) >= 11 is 5.19. The van der Waals surface area contributed by atoms with E-state index < -0.39 is 11.9 Å². The predicted molar refractivity (Wildman–Crippen MR) is 78.5 cm³/mol. The molecule has 0 saturated heterocycles. The van der Waals surface area contributed by atoms with Crippen LogP contribution < -0.4 is 0 Å². The monoisotopic (exact) mass is 276 g/mol. The normalized spacial score (nSPS) is 23.2. The van der Waals surface area contributed by atoms with E-state index in [2.05, 4.69) is 4.99 Å². The first-order valence-electron chi connectivity index (χ1n) is 6.03. The van der Waals surface area contributed by atoms with E-state index >= 15 is 0 Å². The van der Waals surface area contributed by atoms with E-state index in [-0.39, 0.29) is 6.04 Å². The summed E-state index contributed by atoms with van der Waals surface area (Å²) in [5.74, 6) is -1.54. The first kappa shape index (κ1) is 13.7. The van der Waals surface area contributed by atoms with Crippen molar-refractivity contribution >= 4 is 29.0 Å². The lowest BCUT2D eigenvalue weighted by atomic mass is 9.87. The van der Waals surface area contributed by atoms with Gasteiger partial charge in [0.25, 0.3) is 0 Å². The Labute approximate surface area is 117 Å². The molecule has 0 bridgehead atoms. The lowest BCUT2D eigenvalue weighted by Crippen LogP contribution is -2.44. The van der Waals surface area contributed by atoms with Crippen LogP contribution in [0.4, 0.5) is 0 Å². The van der Waals surface area contributed by atoms with E-state index in [0.717, 1.165) is 11.1 Å². The third-order valence-electron chi connectivity index (χ3n) is 3.44. The van der Waals surface area contributed by atoms with E-state index in [4.69, 9.17) is 12.2 Å². The summed E-state index contributed by atoms with van der Waals surface area (Å²) < 4.78 is 0. The molecule has 0 amide bonds. The Morgan fingerprint density at radius 3 is 2.42 bits per heavy atom. The second-order valence-corrected chi connectivity index (χ2v) is 5.18. The molecule has 1 aromatic rings. The maximum absolute atomic E-state index is 11.5. The number of carboxylic acids is 1. The van der Waals surface area contributed by atoms with Crippen molar-refractivity contribution in [3.8, 4) is 0 Å². The summed E-state index contributed by atoms with van der Waals surface area (Å²) in [4.78, 5) is 17.4. The molecular formula is C14H16N2O2S. The molecule has 0 radical (unpaired) electrons. The fourth-order valence-electron chi connectivity index (χ4n) is 2.36. The molecule has 5 heteroatoms. The zero-order chi connectivity index (χ0) is 14.2. The molecule has 1 aliphatic heterocycles. The van der Waals surface area contributed by atoms with Crippen molar-refractivity contribution in [1.29, 1.82) is 0 Å². The van der Waals surface area contributed by atoms with Crippen LogP contribution in [0.2, 0.25) is 0 Å². The number of thiocarbonyl (C=S) groups is 1. The maximum atomic E-state index is 11.5. The maximum Gasteiger partial charge on any atom is 0.314 e. The third kappa shape index (κ3) is 2.51. The number of nitrogens with zero attached hydrogens (tertiary/aromatic N) is 2. The Hall–Kier alpha value is -1.75. The van der Waals surface area contributed by atoms with Gasteiger partial charge in [0.05, 0.1) is 6.04 Å². The SMILES string of the molecule is CC1=NC(=S)N(C)C(c2ccc(C)cc2)C1C(=O)O. The van der Waals surface area contributed by atoms with Gasteiger partial charge >= 0.3 is 5.97 Å². The van der Waals surface area contributed by atoms with Gasteiger partial charge in [0.1, 0.15) is 5.92 Å². The van der Waals surface area contributed by atoms with Crippen LogP contribution in [-0.2, 0) is 4.79 Å². The van der Waals surface area contributed by atoms with Gasteiger partial charge in [0.2, 0.25) is 0 Å². The topological polar surface area (TPSA) is 52.9 Å². The Kier molecular flexibility index (Phi) is 3.66. The van der Waals surface area contributed by atoms with Crippen LogP contribution in [0.3, 0.4) is 0 Å². The van der Waals surface area contributed by atoms with Gasteiger partial charge in [-0.3, -0.25) is 4.79 Å². The molecule has 1 N–H and O–H groups in total. The van der Waals surface area contributed by atoms with Crippen molar-refractivity contribution in [3.05, 3.63) is 35.4 Å². The molecule has 1 heterocycles. The van der Waals surface area contributed by atoms with Gasteiger partial charge in [-0.2, -0.15) is 0 Å². The predicted octanol–water partition coefficient (Wildman–Crippen LogP) is 2.43. The van der Waals surface area contributed by atoms with Crippen molar-refractivity contribution in [1.82, 2.24) is 4.90 Å². The van der Waals surface area contributed by atoms with Gasteiger partial charge < -0.3 is 10.0 Å². The van der Waals surface area contributed by atoms with Crippen LogP contribution in [-0.4, -0.2) is 33.8 Å². The summed E-state index contributed by atoms with van der Waals surface area (Å²) in [5.41, 5.74) is 2.64. The van der Waals surface area contributed by atoms with Crippen molar-refractivity contribution in [3.63, 3.8) is 0 Å². The van der Waals surface area contributed by atoms with Crippen LogP contribution >= 0.6 is 12.2 Å². The molecular weight excluding hydrogens is 260 g/mol. The Morgan fingerprint density at radius 2 is 1.89 bits per heavy atom. The van der Waals surface area contributed by atoms with Crippen LogP contribution in [0.15, 0.2) is 29.3 Å². The lowest BCUT2D eigenvalue weighted by molar-refractivity contribution is -0.141. The van der Waals surface area contributed by atoms with E-state index in [1.165, 1.54) is 0 Å². The van der Waals surface area contributed by atoms with E-state index in [1.807, 2.05) is 31.2 Å². The van der Waals surface area contributed by atoms with Crippen LogP contribution in [0, 0.1) is 12.8 Å². The molecule has 1 aliphatic rings. The molecule has 100 valence electrons. The van der Waals surface area contributed by atoms with Gasteiger partial charge in [0.15, 0.2) is 5.11 Å². The molecule has 0 saturated carbocycles. The van der Waals surface area contributed by atoms with Crippen molar-refractivity contribution < 1.29 is 9.90 Å². The van der Waals surface area contributed by atoms with Crippen molar-refractivity contribution in [2.24, 2.45) is 10.9 Å². The average Bonchev–Trinajstić information content (AvgIpc) is 2.34. The van der Waals surface area contributed by atoms with E-state index in [9.17, 15) is 9.90 Å². The highest BCUT2D eigenvalue weighted by molar-refractivity contribution is 7.80. The number of hydrogen-bond acceptors (Lipinski definition) is 2. The van der Waals surface area contributed by atoms with Crippen molar-refractivity contribution in [2.45, 2.75) is 19.9 Å². The molecule has 4 nitrogen and oxygen atoms in total. The molecule has 19 heavy (non-hydrogen) atoms. The van der Waals surface area contributed by atoms with Gasteiger partial charge in [0, 0.05) is 12.8 Å². The number of rotatable bonds is 2. The number of benzene rings is 1. The average molecular weight is 276 g/mol. The zero-order valence-electron chi connectivity index (χ0n) is 11.1. The van der Waals surface area contributed by atoms with E-state index in [0.29, 0.717) is 10.8 Å². The van der Waals surface area contributed by atoms with Gasteiger partial charge in [-0.05, 0) is 31.6 Å². The Morgan fingerprint density at radius 1 is 1.32 bits per heavy atom. The minimum atomic E-state index is -0.874. The lowest BCUT2D eigenvalue weighted by Gasteiger charge is -2.37. The highest BCUT2D eigenvalue weighted by Gasteiger charge is 2.39. The highest BCUT2D eigenvalue weighted by atomic mass is 32.1. The molecule has 2 unspecified atom stereocenters. The smallest absolute Gasteiger partial charge is 0.314 e. The second-order valence-electron chi connectivity index (χ2n) is 4.82. The molecule has 2 atom stereocenters. The quantitative estimate of drug-likeness (QED) is 0.843. The van der Waals surface area contributed by atoms with Crippen molar-refractivity contribution in [2.75, 3.05) is 7.05 Å². The number of aliphatic imine (C=N–C) groups is 1. The van der Waals surface area contributed by atoms with Gasteiger partial charge in [-0.1, -0.05) is 29.8 Å². The molecule has 0 aromatic heterocycles. The fourth-order valence-corrected chi connectivity index (χ4v) is 2.62. The minimum Gasteiger partial charge on any atom is -0.481 e. The number of hydrogen-bond donors (Lipinski definition) is 1. The summed E-state index contributed by atoms with van der Waals surface area (Å²) in [6.45, 7) is 3.72. The number of aryl methyl sites for hydroxylation is 1. The molecule has 0 spiro atoms. The largest absolute Gasteiger partial charge is 0.481 e. The summed E-state index contributed by atoms with van der Waals surface area (Å²) in [5, 5.41) is 9.88. The Balaban J connectivity index is 2.50. The Bertz CT molecular complexity index is 551. The first-order chi connectivity index (χ1) is 8.91. The molecule has 1 aromatic carbocycles. The standard InChI is InChI=1S/C14H16N2O2S/c1-8-4-6-10(7-5-8)12-11(13(17)18)9(2)15-14(19)16(12)3/h4-7,11-12H,1-3H3,(H,17,18).